The van der Waals surface area contributed by atoms with E-state index in [-0.39, 0.29) is 6.04 Å². The highest BCUT2D eigenvalue weighted by Gasteiger charge is 1.99. The van der Waals surface area contributed by atoms with Gasteiger partial charge in [-0.1, -0.05) is 0 Å². The number of nitrogens with zero attached hydrogens (tertiary/aromatic N) is 3. The van der Waals surface area contributed by atoms with E-state index in [0.29, 0.717) is 0 Å². The summed E-state index contributed by atoms with van der Waals surface area (Å²) < 4.78 is 1.78. The van der Waals surface area contributed by atoms with Crippen LogP contribution in [0.1, 0.15) is 12.6 Å². The molecule has 1 aromatic rings. The molecule has 0 aromatic carbocycles. The van der Waals surface area contributed by atoms with E-state index in [1.165, 1.54) is 0 Å². The Labute approximate surface area is 78.2 Å². The molecule has 1 rings (SSSR count). The van der Waals surface area contributed by atoms with E-state index in [4.69, 9.17) is 5.26 Å². The Morgan fingerprint density at radius 1 is 1.77 bits per heavy atom. The predicted molar refractivity (Wildman–Crippen MR) is 50.0 cm³/mol. The van der Waals surface area contributed by atoms with Gasteiger partial charge in [-0.3, -0.25) is 4.68 Å². The van der Waals surface area contributed by atoms with E-state index in [0.717, 1.165) is 18.7 Å². The number of rotatable bonds is 4. The quantitative estimate of drug-likeness (QED) is 0.729. The maximum absolute atomic E-state index is 8.50. The molecule has 0 fully saturated rings. The van der Waals surface area contributed by atoms with Crippen LogP contribution in [0.25, 0.3) is 0 Å². The molecule has 0 saturated heterocycles. The van der Waals surface area contributed by atoms with Gasteiger partial charge in [-0.05, 0) is 13.0 Å². The van der Waals surface area contributed by atoms with Crippen molar-refractivity contribution in [3.05, 3.63) is 18.0 Å². The average Bonchev–Trinajstić information content (AvgIpc) is 2.51. The van der Waals surface area contributed by atoms with Crippen molar-refractivity contribution in [1.29, 1.82) is 5.26 Å². The van der Waals surface area contributed by atoms with Gasteiger partial charge in [0.25, 0.3) is 0 Å². The van der Waals surface area contributed by atoms with Gasteiger partial charge < -0.3 is 5.32 Å². The largest absolute Gasteiger partial charge is 0.302 e. The van der Waals surface area contributed by atoms with Crippen LogP contribution in [0.15, 0.2) is 12.3 Å². The topological polar surface area (TPSA) is 53.6 Å². The zero-order chi connectivity index (χ0) is 9.68. The normalized spacial score (nSPS) is 12.4. The third-order valence-electron chi connectivity index (χ3n) is 1.79. The van der Waals surface area contributed by atoms with Crippen molar-refractivity contribution in [1.82, 2.24) is 15.1 Å². The molecule has 13 heavy (non-hydrogen) atoms. The monoisotopic (exact) mass is 178 g/mol. The standard InChI is InChI=1S/C9H14N4/c1-8(7-10)11-5-3-9-4-6-13(2)12-9/h4,6,8,11H,3,5H2,1-2H3. The highest BCUT2D eigenvalue weighted by atomic mass is 15.2. The van der Waals surface area contributed by atoms with E-state index in [2.05, 4.69) is 16.5 Å². The van der Waals surface area contributed by atoms with Gasteiger partial charge in [0.05, 0.1) is 17.8 Å². The maximum atomic E-state index is 8.50. The van der Waals surface area contributed by atoms with E-state index in [1.807, 2.05) is 26.2 Å². The number of nitrogens with one attached hydrogen (secondary N) is 1. The Bertz CT molecular complexity index is 297. The van der Waals surface area contributed by atoms with Crippen LogP contribution in [0.3, 0.4) is 0 Å². The van der Waals surface area contributed by atoms with Gasteiger partial charge in [0.2, 0.25) is 0 Å². The summed E-state index contributed by atoms with van der Waals surface area (Å²) in [5.41, 5.74) is 1.06. The first-order chi connectivity index (χ1) is 6.22. The number of hydrogen-bond donors (Lipinski definition) is 1. The van der Waals surface area contributed by atoms with Gasteiger partial charge in [0, 0.05) is 26.2 Å². The number of hydrogen-bond acceptors (Lipinski definition) is 3. The van der Waals surface area contributed by atoms with Gasteiger partial charge in [-0.15, -0.1) is 0 Å². The number of aromatic nitrogens is 2. The fraction of sp³-hybridized carbons (Fsp3) is 0.556. The maximum Gasteiger partial charge on any atom is 0.0924 e. The Hall–Kier alpha value is -1.34. The first-order valence-corrected chi connectivity index (χ1v) is 4.34. The average molecular weight is 178 g/mol. The molecule has 0 aliphatic carbocycles. The molecule has 0 aliphatic rings. The molecule has 1 atom stereocenters. The molecule has 0 saturated carbocycles. The van der Waals surface area contributed by atoms with Crippen LogP contribution in [0, 0.1) is 11.3 Å². The van der Waals surface area contributed by atoms with Crippen LogP contribution in [-0.2, 0) is 13.5 Å². The number of aryl methyl sites for hydroxylation is 1. The molecule has 0 radical (unpaired) electrons. The first-order valence-electron chi connectivity index (χ1n) is 4.34. The summed E-state index contributed by atoms with van der Waals surface area (Å²) >= 11 is 0. The second-order valence-electron chi connectivity index (χ2n) is 3.04. The van der Waals surface area contributed by atoms with E-state index >= 15 is 0 Å². The molecule has 0 spiro atoms. The first kappa shape index (κ1) is 9.75. The zero-order valence-corrected chi connectivity index (χ0v) is 7.99. The zero-order valence-electron chi connectivity index (χ0n) is 7.99. The van der Waals surface area contributed by atoms with Gasteiger partial charge in [0.1, 0.15) is 0 Å². The smallest absolute Gasteiger partial charge is 0.0924 e. The molecule has 1 unspecified atom stereocenters. The summed E-state index contributed by atoms with van der Waals surface area (Å²) in [5, 5.41) is 15.8. The minimum absolute atomic E-state index is 0.0799. The fourth-order valence-corrected chi connectivity index (χ4v) is 1.06. The lowest BCUT2D eigenvalue weighted by atomic mass is 10.3. The third kappa shape index (κ3) is 3.26. The van der Waals surface area contributed by atoms with Gasteiger partial charge >= 0.3 is 0 Å². The molecular formula is C9H14N4. The lowest BCUT2D eigenvalue weighted by molar-refractivity contribution is 0.629. The highest BCUT2D eigenvalue weighted by molar-refractivity contribution is 4.99. The summed E-state index contributed by atoms with van der Waals surface area (Å²) in [6, 6.07) is 4.02. The van der Waals surface area contributed by atoms with Crippen LogP contribution >= 0.6 is 0 Å². The van der Waals surface area contributed by atoms with Crippen LogP contribution in [0.4, 0.5) is 0 Å². The van der Waals surface area contributed by atoms with Crippen molar-refractivity contribution in [2.75, 3.05) is 6.54 Å². The SMILES string of the molecule is CC(C#N)NCCc1ccn(C)n1. The highest BCUT2D eigenvalue weighted by Crippen LogP contribution is 1.94. The minimum Gasteiger partial charge on any atom is -0.302 e. The Kier molecular flexibility index (Phi) is 3.47. The lowest BCUT2D eigenvalue weighted by Gasteiger charge is -2.03. The molecule has 0 amide bonds. The third-order valence-corrected chi connectivity index (χ3v) is 1.79. The Balaban J connectivity index is 2.25. The van der Waals surface area contributed by atoms with E-state index < -0.39 is 0 Å². The Morgan fingerprint density at radius 3 is 3.08 bits per heavy atom. The van der Waals surface area contributed by atoms with Crippen molar-refractivity contribution < 1.29 is 0 Å². The number of nitriles is 1. The van der Waals surface area contributed by atoms with Gasteiger partial charge in [0.15, 0.2) is 0 Å². The van der Waals surface area contributed by atoms with E-state index in [1.54, 1.807) is 4.68 Å². The lowest BCUT2D eigenvalue weighted by Crippen LogP contribution is -2.26. The molecule has 70 valence electrons. The van der Waals surface area contributed by atoms with Crippen molar-refractivity contribution in [2.45, 2.75) is 19.4 Å². The minimum atomic E-state index is -0.0799. The molecule has 1 N–H and O–H groups in total. The van der Waals surface area contributed by atoms with E-state index in [9.17, 15) is 0 Å². The molecule has 0 aliphatic heterocycles. The van der Waals surface area contributed by atoms with Crippen molar-refractivity contribution in [3.63, 3.8) is 0 Å². The van der Waals surface area contributed by atoms with Gasteiger partial charge in [-0.2, -0.15) is 10.4 Å². The van der Waals surface area contributed by atoms with Crippen LogP contribution in [-0.4, -0.2) is 22.4 Å². The molecule has 1 aromatic heterocycles. The summed E-state index contributed by atoms with van der Waals surface area (Å²) in [5.74, 6) is 0. The van der Waals surface area contributed by atoms with Crippen molar-refractivity contribution >= 4 is 0 Å². The summed E-state index contributed by atoms with van der Waals surface area (Å²) in [6.07, 6.45) is 2.79. The molecule has 4 heteroatoms. The second-order valence-corrected chi connectivity index (χ2v) is 3.04. The molecule has 4 nitrogen and oxygen atoms in total. The second kappa shape index (κ2) is 4.63. The van der Waals surface area contributed by atoms with Crippen LogP contribution in [0.2, 0.25) is 0 Å². The Morgan fingerprint density at radius 2 is 2.54 bits per heavy atom. The van der Waals surface area contributed by atoms with Crippen molar-refractivity contribution in [3.8, 4) is 6.07 Å². The van der Waals surface area contributed by atoms with Gasteiger partial charge in [-0.25, -0.2) is 0 Å². The fourth-order valence-electron chi connectivity index (χ4n) is 1.06. The molecule has 1 heterocycles. The van der Waals surface area contributed by atoms with Crippen molar-refractivity contribution in [2.24, 2.45) is 7.05 Å². The van der Waals surface area contributed by atoms with Crippen LogP contribution in [0.5, 0.6) is 0 Å². The summed E-state index contributed by atoms with van der Waals surface area (Å²) in [7, 11) is 1.90. The van der Waals surface area contributed by atoms with Crippen LogP contribution < -0.4 is 5.32 Å². The summed E-state index contributed by atoms with van der Waals surface area (Å²) in [6.45, 7) is 2.64. The molecular weight excluding hydrogens is 164 g/mol. The predicted octanol–water partition coefficient (Wildman–Crippen LogP) is 0.464. The summed E-state index contributed by atoms with van der Waals surface area (Å²) in [4.78, 5) is 0. The molecule has 0 bridgehead atoms.